The lowest BCUT2D eigenvalue weighted by atomic mass is 10.1. The Labute approximate surface area is 170 Å². The zero-order valence-electron chi connectivity index (χ0n) is 15.7. The number of halogens is 1. The van der Waals surface area contributed by atoms with Gasteiger partial charge in [-0.1, -0.05) is 23.7 Å². The van der Waals surface area contributed by atoms with Crippen molar-refractivity contribution >= 4 is 34.7 Å². The maximum absolute atomic E-state index is 6.03. The third kappa shape index (κ3) is 4.93. The summed E-state index contributed by atoms with van der Waals surface area (Å²) in [7, 11) is 0. The third-order valence-electron chi connectivity index (χ3n) is 4.86. The van der Waals surface area contributed by atoms with E-state index in [-0.39, 0.29) is 0 Å². The van der Waals surface area contributed by atoms with E-state index in [0.717, 1.165) is 42.6 Å². The van der Waals surface area contributed by atoms with Crippen molar-refractivity contribution in [2.75, 3.05) is 35.2 Å². The van der Waals surface area contributed by atoms with E-state index < -0.39 is 0 Å². The van der Waals surface area contributed by atoms with Crippen LogP contribution in [0.25, 0.3) is 0 Å². The minimum atomic E-state index is 0.585. The lowest BCUT2D eigenvalue weighted by Crippen LogP contribution is -2.17. The number of anilines is 4. The van der Waals surface area contributed by atoms with Gasteiger partial charge in [0.1, 0.15) is 5.82 Å². The van der Waals surface area contributed by atoms with Crippen LogP contribution < -0.4 is 15.5 Å². The molecule has 2 N–H and O–H groups in total. The fraction of sp³-hybridized carbons (Fsp3) is 0.273. The number of hydrogen-bond acceptors (Lipinski definition) is 5. The Bertz CT molecular complexity index is 907. The molecule has 0 bridgehead atoms. The van der Waals surface area contributed by atoms with Gasteiger partial charge in [0.25, 0.3) is 0 Å². The summed E-state index contributed by atoms with van der Waals surface area (Å²) in [5, 5.41) is 7.39. The SMILES string of the molecule is Clc1cccc(CCNc2ccnc(Nc3ccc(N4CCCC4)cc3)n2)c1. The van der Waals surface area contributed by atoms with Gasteiger partial charge in [-0.3, -0.25) is 0 Å². The molecule has 3 aromatic rings. The molecule has 2 aromatic carbocycles. The number of nitrogens with one attached hydrogen (secondary N) is 2. The Morgan fingerprint density at radius 1 is 1.00 bits per heavy atom. The normalized spacial score (nSPS) is 13.5. The minimum absolute atomic E-state index is 0.585. The highest BCUT2D eigenvalue weighted by molar-refractivity contribution is 6.30. The van der Waals surface area contributed by atoms with Crippen molar-refractivity contribution in [1.29, 1.82) is 0 Å². The van der Waals surface area contributed by atoms with Crippen LogP contribution in [0.2, 0.25) is 5.02 Å². The highest BCUT2D eigenvalue weighted by atomic mass is 35.5. The fourth-order valence-corrected chi connectivity index (χ4v) is 3.62. The Kier molecular flexibility index (Phi) is 5.92. The van der Waals surface area contributed by atoms with Crippen LogP contribution in [0.3, 0.4) is 0 Å². The number of benzene rings is 2. The van der Waals surface area contributed by atoms with Crippen molar-refractivity contribution in [2.24, 2.45) is 0 Å². The van der Waals surface area contributed by atoms with Crippen LogP contribution in [-0.2, 0) is 6.42 Å². The van der Waals surface area contributed by atoms with E-state index in [1.165, 1.54) is 24.1 Å². The Hall–Kier alpha value is -2.79. The molecule has 2 heterocycles. The number of aromatic nitrogens is 2. The minimum Gasteiger partial charge on any atom is -0.372 e. The summed E-state index contributed by atoms with van der Waals surface area (Å²) < 4.78 is 0. The van der Waals surface area contributed by atoms with Gasteiger partial charge in [0.15, 0.2) is 0 Å². The van der Waals surface area contributed by atoms with E-state index in [4.69, 9.17) is 11.6 Å². The smallest absolute Gasteiger partial charge is 0.229 e. The molecule has 1 fully saturated rings. The fourth-order valence-electron chi connectivity index (χ4n) is 3.40. The van der Waals surface area contributed by atoms with Gasteiger partial charge in [-0.2, -0.15) is 4.98 Å². The van der Waals surface area contributed by atoms with E-state index in [1.54, 1.807) is 6.20 Å². The summed E-state index contributed by atoms with van der Waals surface area (Å²) in [5.41, 5.74) is 3.46. The lowest BCUT2D eigenvalue weighted by molar-refractivity contribution is 0.949. The van der Waals surface area contributed by atoms with Crippen LogP contribution in [0.15, 0.2) is 60.8 Å². The van der Waals surface area contributed by atoms with Crippen molar-refractivity contribution in [3.8, 4) is 0 Å². The van der Waals surface area contributed by atoms with Crippen LogP contribution in [0.4, 0.5) is 23.1 Å². The molecular weight excluding hydrogens is 370 g/mol. The second kappa shape index (κ2) is 8.93. The Balaban J connectivity index is 1.33. The molecule has 6 heteroatoms. The van der Waals surface area contributed by atoms with Gasteiger partial charge in [-0.15, -0.1) is 0 Å². The second-order valence-electron chi connectivity index (χ2n) is 6.94. The molecule has 0 amide bonds. The zero-order valence-corrected chi connectivity index (χ0v) is 16.5. The standard InChI is InChI=1S/C22H24ClN5/c23-18-5-3-4-17(16-18)10-12-24-21-11-13-25-22(27-21)26-19-6-8-20(9-7-19)28-14-1-2-15-28/h3-9,11,13,16H,1-2,10,12,14-15H2,(H2,24,25,26,27). The molecule has 0 saturated carbocycles. The first-order chi connectivity index (χ1) is 13.8. The molecule has 1 aliphatic rings. The molecule has 144 valence electrons. The van der Waals surface area contributed by atoms with E-state index in [9.17, 15) is 0 Å². The Morgan fingerprint density at radius 3 is 2.61 bits per heavy atom. The van der Waals surface area contributed by atoms with E-state index in [1.807, 2.05) is 24.3 Å². The molecule has 5 nitrogen and oxygen atoms in total. The van der Waals surface area contributed by atoms with Crippen LogP contribution >= 0.6 is 11.6 Å². The maximum Gasteiger partial charge on any atom is 0.229 e. The molecule has 4 rings (SSSR count). The van der Waals surface area contributed by atoms with Gasteiger partial charge < -0.3 is 15.5 Å². The predicted octanol–water partition coefficient (Wildman–Crippen LogP) is 5.13. The molecule has 0 atom stereocenters. The topological polar surface area (TPSA) is 53.1 Å². The first-order valence-corrected chi connectivity index (χ1v) is 10.1. The van der Waals surface area contributed by atoms with Crippen molar-refractivity contribution in [3.63, 3.8) is 0 Å². The van der Waals surface area contributed by atoms with Crippen molar-refractivity contribution in [2.45, 2.75) is 19.3 Å². The summed E-state index contributed by atoms with van der Waals surface area (Å²) in [6.45, 7) is 3.08. The summed E-state index contributed by atoms with van der Waals surface area (Å²) in [6.07, 6.45) is 5.21. The molecule has 1 aromatic heterocycles. The van der Waals surface area contributed by atoms with Gasteiger partial charge >= 0.3 is 0 Å². The van der Waals surface area contributed by atoms with Crippen molar-refractivity contribution in [3.05, 3.63) is 71.4 Å². The van der Waals surface area contributed by atoms with Crippen molar-refractivity contribution < 1.29 is 0 Å². The molecule has 0 spiro atoms. The van der Waals surface area contributed by atoms with Crippen LogP contribution in [0.1, 0.15) is 18.4 Å². The van der Waals surface area contributed by atoms with Gasteiger partial charge in [-0.05, 0) is 67.3 Å². The highest BCUT2D eigenvalue weighted by Crippen LogP contribution is 2.23. The lowest BCUT2D eigenvalue weighted by Gasteiger charge is -2.17. The summed E-state index contributed by atoms with van der Waals surface area (Å²) in [6, 6.07) is 18.3. The van der Waals surface area contributed by atoms with Gasteiger partial charge in [0.2, 0.25) is 5.95 Å². The highest BCUT2D eigenvalue weighted by Gasteiger charge is 2.11. The summed E-state index contributed by atoms with van der Waals surface area (Å²) in [5.74, 6) is 1.38. The van der Waals surface area contributed by atoms with Crippen LogP contribution in [0.5, 0.6) is 0 Å². The molecule has 0 radical (unpaired) electrons. The van der Waals surface area contributed by atoms with E-state index in [2.05, 4.69) is 55.8 Å². The van der Waals surface area contributed by atoms with Crippen LogP contribution in [-0.4, -0.2) is 29.6 Å². The molecule has 1 saturated heterocycles. The Morgan fingerprint density at radius 2 is 1.82 bits per heavy atom. The molecule has 0 unspecified atom stereocenters. The monoisotopic (exact) mass is 393 g/mol. The molecule has 28 heavy (non-hydrogen) atoms. The number of nitrogens with zero attached hydrogens (tertiary/aromatic N) is 3. The third-order valence-corrected chi connectivity index (χ3v) is 5.09. The second-order valence-corrected chi connectivity index (χ2v) is 7.37. The van der Waals surface area contributed by atoms with Gasteiger partial charge in [-0.25, -0.2) is 4.98 Å². The zero-order chi connectivity index (χ0) is 19.2. The summed E-state index contributed by atoms with van der Waals surface area (Å²) >= 11 is 6.03. The van der Waals surface area contributed by atoms with Crippen molar-refractivity contribution in [1.82, 2.24) is 9.97 Å². The first-order valence-electron chi connectivity index (χ1n) is 9.70. The molecular formula is C22H24ClN5. The first kappa shape index (κ1) is 18.6. The predicted molar refractivity (Wildman–Crippen MR) is 117 cm³/mol. The average Bonchev–Trinajstić information content (AvgIpc) is 3.24. The number of rotatable bonds is 7. The summed E-state index contributed by atoms with van der Waals surface area (Å²) in [4.78, 5) is 11.3. The molecule has 1 aliphatic heterocycles. The van der Waals surface area contributed by atoms with E-state index in [0.29, 0.717) is 5.95 Å². The van der Waals surface area contributed by atoms with Gasteiger partial charge in [0.05, 0.1) is 0 Å². The van der Waals surface area contributed by atoms with Crippen LogP contribution in [0, 0.1) is 0 Å². The maximum atomic E-state index is 6.03. The van der Waals surface area contributed by atoms with Gasteiger partial charge in [0, 0.05) is 42.2 Å². The van der Waals surface area contributed by atoms with E-state index >= 15 is 0 Å². The number of hydrogen-bond donors (Lipinski definition) is 2. The quantitative estimate of drug-likeness (QED) is 0.582. The largest absolute Gasteiger partial charge is 0.372 e. The average molecular weight is 394 g/mol. The molecule has 0 aliphatic carbocycles.